The highest BCUT2D eigenvalue weighted by Gasteiger charge is 2.23. The molecule has 1 aromatic heterocycles. The third-order valence-electron chi connectivity index (χ3n) is 4.30. The predicted octanol–water partition coefficient (Wildman–Crippen LogP) is 6.13. The fraction of sp³-hybridized carbons (Fsp3) is 0. The zero-order chi connectivity index (χ0) is 16.4. The first-order valence-corrected chi connectivity index (χ1v) is 9.78. The van der Waals surface area contributed by atoms with Crippen LogP contribution in [0, 0.1) is 0 Å². The molecule has 24 heavy (non-hydrogen) atoms. The fourth-order valence-electron chi connectivity index (χ4n) is 3.32. The van der Waals surface area contributed by atoms with E-state index in [1.165, 1.54) is 0 Å². The summed E-state index contributed by atoms with van der Waals surface area (Å²) in [6, 6.07) is 18.1. The SMILES string of the molecule is O=c1c2ccccc2c2cc(Br)cc3c2n1-c1ccc(Br)cc1S3. The normalized spacial score (nSPS) is 12.6. The van der Waals surface area contributed by atoms with Gasteiger partial charge in [0.2, 0.25) is 0 Å². The van der Waals surface area contributed by atoms with Crippen molar-refractivity contribution in [2.24, 2.45) is 0 Å². The predicted molar refractivity (Wildman–Crippen MR) is 107 cm³/mol. The summed E-state index contributed by atoms with van der Waals surface area (Å²) in [4.78, 5) is 15.4. The molecule has 0 saturated carbocycles. The van der Waals surface area contributed by atoms with E-state index in [4.69, 9.17) is 0 Å². The Balaban J connectivity index is 2.10. The Hall–Kier alpha value is -1.56. The minimum absolute atomic E-state index is 0.0329. The molecular weight excluding hydrogens is 450 g/mol. The molecule has 0 atom stereocenters. The van der Waals surface area contributed by atoms with E-state index >= 15 is 0 Å². The molecule has 0 saturated heterocycles. The van der Waals surface area contributed by atoms with Crippen LogP contribution >= 0.6 is 43.6 Å². The van der Waals surface area contributed by atoms with E-state index in [1.807, 2.05) is 41.0 Å². The van der Waals surface area contributed by atoms with Crippen LogP contribution in [0.15, 0.2) is 78.1 Å². The van der Waals surface area contributed by atoms with Crippen molar-refractivity contribution in [1.82, 2.24) is 4.57 Å². The van der Waals surface area contributed by atoms with E-state index in [0.29, 0.717) is 0 Å². The fourth-order valence-corrected chi connectivity index (χ4v) is 5.61. The van der Waals surface area contributed by atoms with Crippen LogP contribution in [0.2, 0.25) is 0 Å². The summed E-state index contributed by atoms with van der Waals surface area (Å²) in [5.41, 5.74) is 1.96. The molecule has 1 aliphatic rings. The summed E-state index contributed by atoms with van der Waals surface area (Å²) < 4.78 is 3.89. The van der Waals surface area contributed by atoms with Gasteiger partial charge in [-0.2, -0.15) is 0 Å². The topological polar surface area (TPSA) is 22.0 Å². The van der Waals surface area contributed by atoms with Crippen LogP contribution in [-0.2, 0) is 0 Å². The molecule has 2 heterocycles. The molecule has 0 radical (unpaired) electrons. The summed E-state index contributed by atoms with van der Waals surface area (Å²) in [5.74, 6) is 0. The lowest BCUT2D eigenvalue weighted by atomic mass is 10.1. The molecule has 0 amide bonds. The number of pyridine rings is 1. The first-order valence-electron chi connectivity index (χ1n) is 7.38. The standard InChI is InChI=1S/C19H9Br2NOS/c20-10-5-6-15-16(8-10)24-17-9-11(21)7-14-12-3-1-2-4-13(12)19(23)22(15)18(14)17/h1-9H. The number of aromatic nitrogens is 1. The van der Waals surface area contributed by atoms with Gasteiger partial charge >= 0.3 is 0 Å². The van der Waals surface area contributed by atoms with Crippen molar-refractivity contribution >= 4 is 65.3 Å². The smallest absolute Gasteiger partial charge is 0.263 e. The maximum atomic E-state index is 13.2. The molecule has 1 aliphatic heterocycles. The minimum atomic E-state index is 0.0329. The number of hydrogen-bond acceptors (Lipinski definition) is 2. The maximum absolute atomic E-state index is 13.2. The second-order valence-corrected chi connectivity index (χ2v) is 8.62. The molecule has 0 spiro atoms. The number of nitrogens with zero attached hydrogens (tertiary/aromatic N) is 1. The Labute approximate surface area is 158 Å². The quantitative estimate of drug-likeness (QED) is 0.260. The molecule has 5 rings (SSSR count). The third-order valence-corrected chi connectivity index (χ3v) is 6.33. The van der Waals surface area contributed by atoms with Gasteiger partial charge in [-0.3, -0.25) is 9.36 Å². The molecule has 3 aromatic carbocycles. The molecule has 0 bridgehead atoms. The number of rotatable bonds is 0. The van der Waals surface area contributed by atoms with E-state index in [2.05, 4.69) is 50.1 Å². The molecular formula is C19H9Br2NOS. The Morgan fingerprint density at radius 3 is 2.38 bits per heavy atom. The summed E-state index contributed by atoms with van der Waals surface area (Å²) in [6.07, 6.45) is 0. The Morgan fingerprint density at radius 1 is 0.792 bits per heavy atom. The highest BCUT2D eigenvalue weighted by Crippen LogP contribution is 2.45. The lowest BCUT2D eigenvalue weighted by Gasteiger charge is -2.23. The lowest BCUT2D eigenvalue weighted by Crippen LogP contribution is -2.21. The second-order valence-electron chi connectivity index (χ2n) is 5.70. The molecule has 0 N–H and O–H groups in total. The van der Waals surface area contributed by atoms with E-state index in [0.717, 1.165) is 46.1 Å². The molecule has 4 aromatic rings. The molecule has 0 unspecified atom stereocenters. The second kappa shape index (κ2) is 5.22. The number of fused-ring (bicyclic) bond motifs is 4. The number of hydrogen-bond donors (Lipinski definition) is 0. The van der Waals surface area contributed by atoms with Gasteiger partial charge in [-0.15, -0.1) is 0 Å². The Morgan fingerprint density at radius 2 is 1.54 bits per heavy atom. The van der Waals surface area contributed by atoms with Crippen LogP contribution in [0.25, 0.3) is 27.4 Å². The van der Waals surface area contributed by atoms with Crippen molar-refractivity contribution in [1.29, 1.82) is 0 Å². The monoisotopic (exact) mass is 457 g/mol. The highest BCUT2D eigenvalue weighted by molar-refractivity contribution is 9.10. The summed E-state index contributed by atoms with van der Waals surface area (Å²) in [5, 5.41) is 2.84. The van der Waals surface area contributed by atoms with Crippen LogP contribution in [-0.4, -0.2) is 4.57 Å². The number of benzene rings is 3. The van der Waals surface area contributed by atoms with Gasteiger partial charge in [0, 0.05) is 29.5 Å². The summed E-state index contributed by atoms with van der Waals surface area (Å²) in [7, 11) is 0. The van der Waals surface area contributed by atoms with Gasteiger partial charge < -0.3 is 0 Å². The molecule has 0 fully saturated rings. The zero-order valence-corrected chi connectivity index (χ0v) is 16.2. The third kappa shape index (κ3) is 1.98. The average molecular weight is 459 g/mol. The molecule has 116 valence electrons. The summed E-state index contributed by atoms with van der Waals surface area (Å²) >= 11 is 8.85. The minimum Gasteiger partial charge on any atom is -0.274 e. The molecule has 5 heteroatoms. The molecule has 2 nitrogen and oxygen atoms in total. The van der Waals surface area contributed by atoms with E-state index in [9.17, 15) is 4.79 Å². The van der Waals surface area contributed by atoms with Crippen molar-refractivity contribution in [2.45, 2.75) is 9.79 Å². The Kier molecular flexibility index (Phi) is 3.21. The average Bonchev–Trinajstić information content (AvgIpc) is 2.57. The van der Waals surface area contributed by atoms with E-state index in [-0.39, 0.29) is 5.56 Å². The van der Waals surface area contributed by atoms with Crippen molar-refractivity contribution < 1.29 is 0 Å². The van der Waals surface area contributed by atoms with E-state index in [1.54, 1.807) is 11.8 Å². The van der Waals surface area contributed by atoms with Crippen molar-refractivity contribution in [2.75, 3.05) is 0 Å². The van der Waals surface area contributed by atoms with Crippen LogP contribution in [0.3, 0.4) is 0 Å². The van der Waals surface area contributed by atoms with Crippen LogP contribution in [0.5, 0.6) is 0 Å². The van der Waals surface area contributed by atoms with E-state index < -0.39 is 0 Å². The van der Waals surface area contributed by atoms with Crippen molar-refractivity contribution in [3.63, 3.8) is 0 Å². The Bertz CT molecular complexity index is 1230. The lowest BCUT2D eigenvalue weighted by molar-refractivity contribution is 0.998. The first kappa shape index (κ1) is 14.8. The molecule has 0 aliphatic carbocycles. The van der Waals surface area contributed by atoms with Gasteiger partial charge in [-0.05, 0) is 41.8 Å². The van der Waals surface area contributed by atoms with Crippen LogP contribution < -0.4 is 5.56 Å². The summed E-state index contributed by atoms with van der Waals surface area (Å²) in [6.45, 7) is 0. The first-order chi connectivity index (χ1) is 11.6. The van der Waals surface area contributed by atoms with Crippen molar-refractivity contribution in [3.8, 4) is 5.69 Å². The van der Waals surface area contributed by atoms with Crippen LogP contribution in [0.4, 0.5) is 0 Å². The van der Waals surface area contributed by atoms with Crippen molar-refractivity contribution in [3.05, 3.63) is 73.9 Å². The van der Waals surface area contributed by atoms with Gasteiger partial charge in [0.1, 0.15) is 0 Å². The highest BCUT2D eigenvalue weighted by atomic mass is 79.9. The van der Waals surface area contributed by atoms with Crippen LogP contribution in [0.1, 0.15) is 0 Å². The number of halogens is 2. The van der Waals surface area contributed by atoms with Gasteiger partial charge in [0.25, 0.3) is 5.56 Å². The van der Waals surface area contributed by atoms with Gasteiger partial charge in [-0.25, -0.2) is 0 Å². The zero-order valence-electron chi connectivity index (χ0n) is 12.2. The van der Waals surface area contributed by atoms with Gasteiger partial charge in [0.15, 0.2) is 0 Å². The van der Waals surface area contributed by atoms with Gasteiger partial charge in [0.05, 0.1) is 11.2 Å². The van der Waals surface area contributed by atoms with Gasteiger partial charge in [-0.1, -0.05) is 61.8 Å². The maximum Gasteiger partial charge on any atom is 0.263 e. The largest absolute Gasteiger partial charge is 0.274 e.